The van der Waals surface area contributed by atoms with Gasteiger partial charge in [-0.15, -0.1) is 0 Å². The summed E-state index contributed by atoms with van der Waals surface area (Å²) in [6.45, 7) is 5.47. The monoisotopic (exact) mass is 505 g/mol. The number of nitrogens with zero attached hydrogens (tertiary/aromatic N) is 1. The molecule has 2 aromatic rings. The van der Waals surface area contributed by atoms with E-state index in [4.69, 9.17) is 32.7 Å². The van der Waals surface area contributed by atoms with Gasteiger partial charge in [0.1, 0.15) is 5.60 Å². The quantitative estimate of drug-likeness (QED) is 0.426. The van der Waals surface area contributed by atoms with Crippen molar-refractivity contribution < 1.29 is 23.9 Å². The lowest BCUT2D eigenvalue weighted by atomic mass is 10.0. The first-order valence-corrected chi connectivity index (χ1v) is 11.4. The maximum atomic E-state index is 12.8. The number of halogens is 2. The van der Waals surface area contributed by atoms with E-state index in [1.54, 1.807) is 63.2 Å². The predicted molar refractivity (Wildman–Crippen MR) is 131 cm³/mol. The number of benzene rings is 2. The zero-order valence-corrected chi connectivity index (χ0v) is 20.5. The Morgan fingerprint density at radius 1 is 1.12 bits per heavy atom. The molecule has 0 radical (unpaired) electrons. The van der Waals surface area contributed by atoms with Crippen LogP contribution in [0.3, 0.4) is 0 Å². The van der Waals surface area contributed by atoms with Gasteiger partial charge in [0.05, 0.1) is 11.4 Å². The summed E-state index contributed by atoms with van der Waals surface area (Å²) in [7, 11) is 0. The lowest BCUT2D eigenvalue weighted by Gasteiger charge is -2.19. The molecule has 8 nitrogen and oxygen atoms in total. The zero-order chi connectivity index (χ0) is 24.9. The number of amides is 2. The molecule has 34 heavy (non-hydrogen) atoms. The highest BCUT2D eigenvalue weighted by atomic mass is 35.5. The maximum absolute atomic E-state index is 12.8. The van der Waals surface area contributed by atoms with Gasteiger partial charge in [-0.25, -0.2) is 9.79 Å². The fraction of sp³-hybridized carbons (Fsp3) is 0.333. The van der Waals surface area contributed by atoms with E-state index in [9.17, 15) is 14.4 Å². The van der Waals surface area contributed by atoms with Crippen molar-refractivity contribution in [3.8, 4) is 0 Å². The van der Waals surface area contributed by atoms with Gasteiger partial charge in [-0.2, -0.15) is 0 Å². The Labute approximate surface area is 207 Å². The minimum atomic E-state index is -1.43. The van der Waals surface area contributed by atoms with Gasteiger partial charge in [-0.05, 0) is 51.5 Å². The number of aliphatic imine (C=N–C) groups is 1. The van der Waals surface area contributed by atoms with Crippen LogP contribution in [-0.4, -0.2) is 42.1 Å². The Morgan fingerprint density at radius 3 is 2.56 bits per heavy atom. The summed E-state index contributed by atoms with van der Waals surface area (Å²) in [5.74, 6) is -1.25. The molecule has 3 rings (SSSR count). The fourth-order valence-electron chi connectivity index (χ4n) is 3.13. The second-order valence-electron chi connectivity index (χ2n) is 8.51. The number of hydrogen-bond donors (Lipinski definition) is 2. The number of alkyl carbamates (subject to hydrolysis) is 1. The molecule has 180 valence electrons. The van der Waals surface area contributed by atoms with Crippen molar-refractivity contribution in [2.75, 3.05) is 11.9 Å². The molecule has 2 aromatic carbocycles. The van der Waals surface area contributed by atoms with Crippen molar-refractivity contribution in [2.24, 2.45) is 4.99 Å². The highest BCUT2D eigenvalue weighted by Crippen LogP contribution is 2.30. The van der Waals surface area contributed by atoms with Crippen molar-refractivity contribution in [1.82, 2.24) is 5.32 Å². The highest BCUT2D eigenvalue weighted by molar-refractivity contribution is 6.37. The largest absolute Gasteiger partial charge is 0.444 e. The van der Waals surface area contributed by atoms with Gasteiger partial charge >= 0.3 is 12.1 Å². The van der Waals surface area contributed by atoms with Crippen LogP contribution in [0.4, 0.5) is 10.5 Å². The number of nitrogens with one attached hydrogen (secondary N) is 2. The number of benzodiazepines with no additional fused rings is 1. The van der Waals surface area contributed by atoms with Gasteiger partial charge in [0.15, 0.2) is 0 Å². The normalized spacial score (nSPS) is 15.4. The fourth-order valence-corrected chi connectivity index (χ4v) is 3.53. The number of carbonyl (C=O) groups is 3. The number of fused-ring (bicyclic) bond motifs is 1. The average Bonchev–Trinajstić information content (AvgIpc) is 2.87. The Hall–Kier alpha value is -3.10. The minimum absolute atomic E-state index is 0.0324. The third-order valence-corrected chi connectivity index (χ3v) is 5.13. The summed E-state index contributed by atoms with van der Waals surface area (Å²) >= 11 is 12.6. The Kier molecular flexibility index (Phi) is 8.17. The molecule has 0 aromatic heterocycles. The van der Waals surface area contributed by atoms with Gasteiger partial charge < -0.3 is 20.1 Å². The Bertz CT molecular complexity index is 1130. The number of carbonyl (C=O) groups excluding carboxylic acids is 3. The molecule has 2 N–H and O–H groups in total. The van der Waals surface area contributed by atoms with Crippen molar-refractivity contribution >= 4 is 52.6 Å². The Balaban J connectivity index is 1.73. The first kappa shape index (κ1) is 25.5. The molecule has 1 heterocycles. The second-order valence-corrected chi connectivity index (χ2v) is 9.35. The predicted octanol–water partition coefficient (Wildman–Crippen LogP) is 4.96. The minimum Gasteiger partial charge on any atom is -0.444 e. The summed E-state index contributed by atoms with van der Waals surface area (Å²) in [6.07, 6.45) is -1.74. The van der Waals surface area contributed by atoms with Gasteiger partial charge in [0.25, 0.3) is 12.1 Å². The van der Waals surface area contributed by atoms with E-state index in [0.29, 0.717) is 39.0 Å². The third kappa shape index (κ3) is 6.95. The van der Waals surface area contributed by atoms with Crippen LogP contribution in [0.25, 0.3) is 0 Å². The highest BCUT2D eigenvalue weighted by Gasteiger charge is 2.29. The van der Waals surface area contributed by atoms with Gasteiger partial charge in [0, 0.05) is 34.1 Å². The van der Waals surface area contributed by atoms with E-state index >= 15 is 0 Å². The lowest BCUT2D eigenvalue weighted by Crippen LogP contribution is -2.33. The SMILES string of the molecule is CC(C)(C)OC(=O)NCCCC(=O)OC1N=C(c2ccccc2Cl)c2cc(Cl)ccc2NC1=O. The van der Waals surface area contributed by atoms with Crippen molar-refractivity contribution in [3.63, 3.8) is 0 Å². The van der Waals surface area contributed by atoms with Crippen molar-refractivity contribution in [2.45, 2.75) is 45.4 Å². The lowest BCUT2D eigenvalue weighted by molar-refractivity contribution is -0.153. The molecule has 2 amide bonds. The number of anilines is 1. The van der Waals surface area contributed by atoms with Crippen molar-refractivity contribution in [1.29, 1.82) is 0 Å². The van der Waals surface area contributed by atoms with Gasteiger partial charge in [-0.1, -0.05) is 41.4 Å². The van der Waals surface area contributed by atoms with E-state index in [0.717, 1.165) is 0 Å². The molecule has 0 fully saturated rings. The van der Waals surface area contributed by atoms with Crippen LogP contribution in [0.2, 0.25) is 10.0 Å². The molecule has 0 bridgehead atoms. The summed E-state index contributed by atoms with van der Waals surface area (Å²) in [5.41, 5.74) is 1.33. The molecule has 1 atom stereocenters. The van der Waals surface area contributed by atoms with E-state index < -0.39 is 29.8 Å². The van der Waals surface area contributed by atoms with E-state index in [1.807, 2.05) is 0 Å². The topological polar surface area (TPSA) is 106 Å². The molecule has 1 aliphatic heterocycles. The first-order valence-electron chi connectivity index (χ1n) is 10.6. The molecular weight excluding hydrogens is 481 g/mol. The summed E-state index contributed by atoms with van der Waals surface area (Å²) in [5, 5.41) is 6.15. The maximum Gasteiger partial charge on any atom is 0.407 e. The Morgan fingerprint density at radius 2 is 1.85 bits per heavy atom. The van der Waals surface area contributed by atoms with Crippen LogP contribution >= 0.6 is 23.2 Å². The van der Waals surface area contributed by atoms with Crippen molar-refractivity contribution in [3.05, 3.63) is 63.6 Å². The van der Waals surface area contributed by atoms with Crippen LogP contribution in [0.15, 0.2) is 47.5 Å². The number of hydrogen-bond acceptors (Lipinski definition) is 6. The van der Waals surface area contributed by atoms with Crippen LogP contribution in [-0.2, 0) is 19.1 Å². The summed E-state index contributed by atoms with van der Waals surface area (Å²) < 4.78 is 10.5. The van der Waals surface area contributed by atoms with Crippen LogP contribution in [0.5, 0.6) is 0 Å². The second kappa shape index (κ2) is 10.9. The average molecular weight is 506 g/mol. The molecule has 1 unspecified atom stereocenters. The number of ether oxygens (including phenoxy) is 2. The number of esters is 1. The van der Waals surface area contributed by atoms with Crippen LogP contribution in [0, 0.1) is 0 Å². The molecule has 0 spiro atoms. The van der Waals surface area contributed by atoms with Gasteiger partial charge in [-0.3, -0.25) is 9.59 Å². The smallest absolute Gasteiger partial charge is 0.407 e. The van der Waals surface area contributed by atoms with Gasteiger partial charge in [0.2, 0.25) is 0 Å². The zero-order valence-electron chi connectivity index (χ0n) is 19.0. The molecule has 0 saturated heterocycles. The summed E-state index contributed by atoms with van der Waals surface area (Å²) in [4.78, 5) is 41.3. The molecule has 0 saturated carbocycles. The molecule has 1 aliphatic rings. The first-order chi connectivity index (χ1) is 16.0. The number of rotatable bonds is 6. The van der Waals surface area contributed by atoms with E-state index in [-0.39, 0.29) is 13.0 Å². The third-order valence-electron chi connectivity index (χ3n) is 4.56. The van der Waals surface area contributed by atoms with E-state index in [2.05, 4.69) is 15.6 Å². The van der Waals surface area contributed by atoms with Crippen LogP contribution < -0.4 is 10.6 Å². The standard InChI is InChI=1S/C24H25Cl2N3O5/c1-24(2,3)34-23(32)27-12-6-9-19(30)33-22-21(31)28-18-11-10-14(25)13-16(18)20(29-22)15-7-4-5-8-17(15)26/h4-5,7-8,10-11,13,22H,6,9,12H2,1-3H3,(H,27,32)(H,28,31). The van der Waals surface area contributed by atoms with Crippen LogP contribution in [0.1, 0.15) is 44.7 Å². The van der Waals surface area contributed by atoms with E-state index in [1.165, 1.54) is 0 Å². The molecule has 10 heteroatoms. The molecule has 0 aliphatic carbocycles. The summed E-state index contributed by atoms with van der Waals surface area (Å²) in [6, 6.07) is 11.9. The molecular formula is C24H25Cl2N3O5.